The van der Waals surface area contributed by atoms with Crippen LogP contribution < -0.4 is 0 Å². The van der Waals surface area contributed by atoms with Gasteiger partial charge in [0.1, 0.15) is 0 Å². The van der Waals surface area contributed by atoms with E-state index in [2.05, 4.69) is 32.0 Å². The fourth-order valence-corrected chi connectivity index (χ4v) is 2.36. The van der Waals surface area contributed by atoms with Gasteiger partial charge in [-0.25, -0.2) is 0 Å². The highest BCUT2D eigenvalue weighted by molar-refractivity contribution is 7.98. The van der Waals surface area contributed by atoms with Gasteiger partial charge in [0.2, 0.25) is 0 Å². The Kier molecular flexibility index (Phi) is 4.69. The molecule has 0 atom stereocenters. The smallest absolute Gasteiger partial charge is 0.304 e. The van der Waals surface area contributed by atoms with Crippen LogP contribution in [-0.2, 0) is 10.5 Å². The predicted octanol–water partition coefficient (Wildman–Crippen LogP) is 3.01. The van der Waals surface area contributed by atoms with Crippen LogP contribution in [-0.4, -0.2) is 16.8 Å². The standard InChI is InChI=1S/C12H16O2S/c1-9-3-4-11(10(2)7-9)8-15-6-5-12(13)14/h3-4,7H,5-6,8H2,1-2H3,(H,13,14). The van der Waals surface area contributed by atoms with Gasteiger partial charge >= 0.3 is 5.97 Å². The third-order valence-corrected chi connectivity index (χ3v) is 3.22. The third-order valence-electron chi connectivity index (χ3n) is 2.22. The van der Waals surface area contributed by atoms with Crippen LogP contribution in [0.4, 0.5) is 0 Å². The molecule has 3 heteroatoms. The van der Waals surface area contributed by atoms with Gasteiger partial charge in [0.25, 0.3) is 0 Å². The summed E-state index contributed by atoms with van der Waals surface area (Å²) in [6, 6.07) is 6.38. The SMILES string of the molecule is Cc1ccc(CSCCC(=O)O)c(C)c1. The normalized spacial score (nSPS) is 10.3. The number of thioether (sulfide) groups is 1. The summed E-state index contributed by atoms with van der Waals surface area (Å²) in [6.45, 7) is 4.18. The zero-order chi connectivity index (χ0) is 11.3. The van der Waals surface area contributed by atoms with Crippen molar-refractivity contribution in [2.45, 2.75) is 26.0 Å². The number of aryl methyl sites for hydroxylation is 2. The van der Waals surface area contributed by atoms with Crippen LogP contribution in [0.5, 0.6) is 0 Å². The minimum absolute atomic E-state index is 0.246. The first-order valence-electron chi connectivity index (χ1n) is 4.95. The summed E-state index contributed by atoms with van der Waals surface area (Å²) in [5.41, 5.74) is 3.86. The van der Waals surface area contributed by atoms with Gasteiger partial charge in [0.15, 0.2) is 0 Å². The molecule has 1 aromatic carbocycles. The van der Waals surface area contributed by atoms with Gasteiger partial charge in [-0.15, -0.1) is 0 Å². The number of carbonyl (C=O) groups is 1. The molecule has 0 saturated heterocycles. The van der Waals surface area contributed by atoms with Crippen molar-refractivity contribution in [1.29, 1.82) is 0 Å². The fraction of sp³-hybridized carbons (Fsp3) is 0.417. The number of carboxylic acids is 1. The molecule has 0 heterocycles. The molecule has 0 fully saturated rings. The average Bonchev–Trinajstić information content (AvgIpc) is 2.14. The molecule has 0 saturated carbocycles. The molecule has 0 radical (unpaired) electrons. The van der Waals surface area contributed by atoms with Crippen molar-refractivity contribution in [2.24, 2.45) is 0 Å². The first-order chi connectivity index (χ1) is 7.09. The summed E-state index contributed by atoms with van der Waals surface area (Å²) in [5.74, 6) is 0.866. The Hall–Kier alpha value is -0.960. The molecule has 1 rings (SSSR count). The van der Waals surface area contributed by atoms with E-state index in [0.29, 0.717) is 5.75 Å². The van der Waals surface area contributed by atoms with Crippen LogP contribution in [0.3, 0.4) is 0 Å². The molecule has 0 spiro atoms. The second-order valence-corrected chi connectivity index (χ2v) is 4.73. The average molecular weight is 224 g/mol. The van der Waals surface area contributed by atoms with Crippen molar-refractivity contribution in [3.63, 3.8) is 0 Å². The second kappa shape index (κ2) is 5.81. The molecular weight excluding hydrogens is 208 g/mol. The minimum Gasteiger partial charge on any atom is -0.481 e. The van der Waals surface area contributed by atoms with E-state index in [1.54, 1.807) is 11.8 Å². The highest BCUT2D eigenvalue weighted by Gasteiger charge is 2.00. The Morgan fingerprint density at radius 1 is 1.40 bits per heavy atom. The molecule has 0 aliphatic carbocycles. The third kappa shape index (κ3) is 4.38. The number of hydrogen-bond donors (Lipinski definition) is 1. The molecule has 1 N–H and O–H groups in total. The largest absolute Gasteiger partial charge is 0.481 e. The molecule has 0 aliphatic rings. The lowest BCUT2D eigenvalue weighted by Gasteiger charge is -2.05. The lowest BCUT2D eigenvalue weighted by Crippen LogP contribution is -1.96. The number of aliphatic carboxylic acids is 1. The fourth-order valence-electron chi connectivity index (χ4n) is 1.35. The molecule has 2 nitrogen and oxygen atoms in total. The van der Waals surface area contributed by atoms with Crippen LogP contribution in [0.15, 0.2) is 18.2 Å². The van der Waals surface area contributed by atoms with Gasteiger partial charge in [0.05, 0.1) is 6.42 Å². The van der Waals surface area contributed by atoms with Crippen molar-refractivity contribution >= 4 is 17.7 Å². The molecule has 0 bridgehead atoms. The maximum absolute atomic E-state index is 10.3. The van der Waals surface area contributed by atoms with Crippen LogP contribution >= 0.6 is 11.8 Å². The maximum atomic E-state index is 10.3. The summed E-state index contributed by atoms with van der Waals surface area (Å²) >= 11 is 1.67. The number of rotatable bonds is 5. The van der Waals surface area contributed by atoms with Crippen molar-refractivity contribution in [3.8, 4) is 0 Å². The van der Waals surface area contributed by atoms with E-state index < -0.39 is 5.97 Å². The topological polar surface area (TPSA) is 37.3 Å². The summed E-state index contributed by atoms with van der Waals surface area (Å²) in [7, 11) is 0. The lowest BCUT2D eigenvalue weighted by molar-refractivity contribution is -0.136. The Bertz CT molecular complexity index is 347. The van der Waals surface area contributed by atoms with Crippen LogP contribution in [0.25, 0.3) is 0 Å². The van der Waals surface area contributed by atoms with Gasteiger partial charge in [-0.2, -0.15) is 11.8 Å². The zero-order valence-electron chi connectivity index (χ0n) is 9.12. The van der Waals surface area contributed by atoms with Gasteiger partial charge in [-0.05, 0) is 25.0 Å². The quantitative estimate of drug-likeness (QED) is 0.781. The van der Waals surface area contributed by atoms with E-state index in [9.17, 15) is 4.79 Å². The van der Waals surface area contributed by atoms with Crippen LogP contribution in [0.1, 0.15) is 23.1 Å². The van der Waals surface area contributed by atoms with E-state index in [4.69, 9.17) is 5.11 Å². The van der Waals surface area contributed by atoms with E-state index in [0.717, 1.165) is 5.75 Å². The van der Waals surface area contributed by atoms with Crippen molar-refractivity contribution in [1.82, 2.24) is 0 Å². The Morgan fingerprint density at radius 2 is 2.13 bits per heavy atom. The highest BCUT2D eigenvalue weighted by atomic mass is 32.2. The van der Waals surface area contributed by atoms with Crippen molar-refractivity contribution in [3.05, 3.63) is 34.9 Å². The number of carboxylic acid groups (broad SMARTS) is 1. The number of hydrogen-bond acceptors (Lipinski definition) is 2. The van der Waals surface area contributed by atoms with Gasteiger partial charge < -0.3 is 5.11 Å². The molecule has 0 aromatic heterocycles. The first-order valence-corrected chi connectivity index (χ1v) is 6.10. The van der Waals surface area contributed by atoms with Crippen molar-refractivity contribution < 1.29 is 9.90 Å². The zero-order valence-corrected chi connectivity index (χ0v) is 9.93. The monoisotopic (exact) mass is 224 g/mol. The molecule has 0 aliphatic heterocycles. The van der Waals surface area contributed by atoms with Gasteiger partial charge in [0, 0.05) is 11.5 Å². The first kappa shape index (κ1) is 12.1. The summed E-state index contributed by atoms with van der Waals surface area (Å²) < 4.78 is 0. The molecule has 82 valence electrons. The minimum atomic E-state index is -0.719. The van der Waals surface area contributed by atoms with E-state index in [1.807, 2.05) is 0 Å². The summed E-state index contributed by atoms with van der Waals surface area (Å²) in [6.07, 6.45) is 0.246. The van der Waals surface area contributed by atoms with Crippen LogP contribution in [0, 0.1) is 13.8 Å². The summed E-state index contributed by atoms with van der Waals surface area (Å²) in [4.78, 5) is 10.3. The van der Waals surface area contributed by atoms with Crippen LogP contribution in [0.2, 0.25) is 0 Å². The lowest BCUT2D eigenvalue weighted by atomic mass is 10.1. The highest BCUT2D eigenvalue weighted by Crippen LogP contribution is 2.17. The molecule has 1 aromatic rings. The van der Waals surface area contributed by atoms with E-state index in [-0.39, 0.29) is 6.42 Å². The Morgan fingerprint density at radius 3 is 2.73 bits per heavy atom. The Balaban J connectivity index is 2.40. The van der Waals surface area contributed by atoms with Gasteiger partial charge in [-0.3, -0.25) is 4.79 Å². The Labute approximate surface area is 94.7 Å². The van der Waals surface area contributed by atoms with E-state index in [1.165, 1.54) is 16.7 Å². The molecule has 15 heavy (non-hydrogen) atoms. The maximum Gasteiger partial charge on any atom is 0.304 e. The second-order valence-electron chi connectivity index (χ2n) is 3.63. The number of benzene rings is 1. The molecule has 0 amide bonds. The molecular formula is C12H16O2S. The molecule has 0 unspecified atom stereocenters. The summed E-state index contributed by atoms with van der Waals surface area (Å²) in [5, 5.41) is 8.49. The predicted molar refractivity (Wildman–Crippen MR) is 64.3 cm³/mol. The van der Waals surface area contributed by atoms with E-state index >= 15 is 0 Å². The van der Waals surface area contributed by atoms with Crippen molar-refractivity contribution in [2.75, 3.05) is 5.75 Å². The van der Waals surface area contributed by atoms with Gasteiger partial charge in [-0.1, -0.05) is 23.8 Å².